The molecule has 1 saturated heterocycles. The van der Waals surface area contributed by atoms with Crippen molar-refractivity contribution >= 4 is 5.91 Å². The fraction of sp³-hybridized carbons (Fsp3) is 0.364. The number of rotatable bonds is 1. The van der Waals surface area contributed by atoms with Crippen LogP contribution >= 0.6 is 0 Å². The van der Waals surface area contributed by atoms with Crippen molar-refractivity contribution in [2.75, 3.05) is 6.54 Å². The minimum absolute atomic E-state index is 0.0464. The Hall–Kier alpha value is -1.51. The monoisotopic (exact) mass is 189 g/mol. The molecule has 1 aromatic rings. The van der Waals surface area contributed by atoms with Gasteiger partial charge in [0.2, 0.25) is 5.91 Å². The highest BCUT2D eigenvalue weighted by molar-refractivity contribution is 5.88. The molecule has 1 amide bonds. The second-order valence-corrected chi connectivity index (χ2v) is 4.18. The molecule has 3 heteroatoms. The van der Waals surface area contributed by atoms with Crippen molar-refractivity contribution in [1.82, 2.24) is 5.32 Å². The molecule has 3 nitrogen and oxygen atoms in total. The van der Waals surface area contributed by atoms with Gasteiger partial charge in [0, 0.05) is 12.0 Å². The highest BCUT2D eigenvalue weighted by atomic mass is 16.3. The van der Waals surface area contributed by atoms with Gasteiger partial charge in [-0.15, -0.1) is 0 Å². The van der Waals surface area contributed by atoms with Gasteiger partial charge in [-0.05, 0) is 24.1 Å². The van der Waals surface area contributed by atoms with E-state index in [0.717, 1.165) is 13.0 Å². The minimum Gasteiger partial charge on any atom is -0.508 e. The van der Waals surface area contributed by atoms with Crippen LogP contribution in [0.4, 0.5) is 0 Å². The molecule has 1 aliphatic carbocycles. The number of carbonyl (C=O) groups is 1. The van der Waals surface area contributed by atoms with Crippen LogP contribution in [0.1, 0.15) is 12.0 Å². The molecule has 1 saturated carbocycles. The minimum atomic E-state index is 0.0464. The van der Waals surface area contributed by atoms with Gasteiger partial charge in [-0.1, -0.05) is 12.1 Å². The summed E-state index contributed by atoms with van der Waals surface area (Å²) in [7, 11) is 0. The second kappa shape index (κ2) is 2.29. The molecular weight excluding hydrogens is 178 g/mol. The number of nitrogens with one attached hydrogen (secondary N) is 1. The van der Waals surface area contributed by atoms with E-state index < -0.39 is 0 Å². The van der Waals surface area contributed by atoms with Gasteiger partial charge in [-0.25, -0.2) is 0 Å². The third kappa shape index (κ3) is 0.842. The molecule has 3 rings (SSSR count). The Morgan fingerprint density at radius 1 is 1.36 bits per heavy atom. The molecule has 2 aliphatic rings. The molecule has 1 aliphatic heterocycles. The lowest BCUT2D eigenvalue weighted by Crippen LogP contribution is -2.22. The number of carbonyl (C=O) groups excluding carboxylic acids is 1. The van der Waals surface area contributed by atoms with Gasteiger partial charge in [-0.3, -0.25) is 4.79 Å². The summed E-state index contributed by atoms with van der Waals surface area (Å²) in [5, 5.41) is 12.0. The molecule has 2 N–H and O–H groups in total. The average Bonchev–Trinajstić information content (AvgIpc) is 2.84. The summed E-state index contributed by atoms with van der Waals surface area (Å²) < 4.78 is 0. The topological polar surface area (TPSA) is 49.3 Å². The molecule has 1 aromatic carbocycles. The van der Waals surface area contributed by atoms with Crippen LogP contribution in [0.15, 0.2) is 24.3 Å². The van der Waals surface area contributed by atoms with Gasteiger partial charge >= 0.3 is 0 Å². The van der Waals surface area contributed by atoms with Crippen LogP contribution in [0.25, 0.3) is 0 Å². The van der Waals surface area contributed by atoms with Crippen molar-refractivity contribution in [2.24, 2.45) is 5.92 Å². The average molecular weight is 189 g/mol. The van der Waals surface area contributed by atoms with E-state index >= 15 is 0 Å². The second-order valence-electron chi connectivity index (χ2n) is 4.18. The third-order valence-corrected chi connectivity index (χ3v) is 3.41. The van der Waals surface area contributed by atoms with Crippen LogP contribution in [-0.4, -0.2) is 17.6 Å². The zero-order valence-electron chi connectivity index (χ0n) is 7.66. The molecule has 1 heterocycles. The van der Waals surface area contributed by atoms with Crippen molar-refractivity contribution in [3.8, 4) is 5.75 Å². The zero-order valence-corrected chi connectivity index (χ0v) is 7.66. The first kappa shape index (κ1) is 7.85. The summed E-state index contributed by atoms with van der Waals surface area (Å²) >= 11 is 0. The van der Waals surface area contributed by atoms with E-state index in [9.17, 15) is 4.79 Å². The summed E-state index contributed by atoms with van der Waals surface area (Å²) in [6.45, 7) is 0.751. The maximum atomic E-state index is 11.3. The number of phenolic OH excluding ortho intramolecular Hbond substituents is 1. The van der Waals surface area contributed by atoms with Gasteiger partial charge in [-0.2, -0.15) is 0 Å². The van der Waals surface area contributed by atoms with E-state index in [-0.39, 0.29) is 23.0 Å². The van der Waals surface area contributed by atoms with E-state index in [0.29, 0.717) is 0 Å². The van der Waals surface area contributed by atoms with Crippen LogP contribution < -0.4 is 5.32 Å². The molecule has 0 aromatic heterocycles. The SMILES string of the molecule is O=C1NCC2(c3ccc(O)cc3)CC12. The lowest BCUT2D eigenvalue weighted by Gasteiger charge is -2.10. The molecule has 72 valence electrons. The fourth-order valence-corrected chi connectivity index (χ4v) is 2.43. The first-order chi connectivity index (χ1) is 6.72. The van der Waals surface area contributed by atoms with Crippen molar-refractivity contribution in [3.05, 3.63) is 29.8 Å². The lowest BCUT2D eigenvalue weighted by atomic mass is 9.95. The van der Waals surface area contributed by atoms with E-state index in [1.165, 1.54) is 5.56 Å². The van der Waals surface area contributed by atoms with Gasteiger partial charge < -0.3 is 10.4 Å². The summed E-state index contributed by atoms with van der Waals surface area (Å²) in [6.07, 6.45) is 0.962. The standard InChI is InChI=1S/C11H11NO2/c13-8-3-1-7(2-4-8)11-5-9(11)10(14)12-6-11/h1-4,9,13H,5-6H2,(H,12,14). The van der Waals surface area contributed by atoms with E-state index in [1.807, 2.05) is 12.1 Å². The lowest BCUT2D eigenvalue weighted by molar-refractivity contribution is -0.120. The Morgan fingerprint density at radius 3 is 2.57 bits per heavy atom. The molecule has 2 unspecified atom stereocenters. The number of benzene rings is 1. The van der Waals surface area contributed by atoms with Crippen molar-refractivity contribution in [2.45, 2.75) is 11.8 Å². The van der Waals surface area contributed by atoms with Crippen molar-refractivity contribution < 1.29 is 9.90 Å². The summed E-state index contributed by atoms with van der Waals surface area (Å²) in [5.74, 6) is 0.629. The first-order valence-corrected chi connectivity index (χ1v) is 4.80. The van der Waals surface area contributed by atoms with Gasteiger partial charge in [0.15, 0.2) is 0 Å². The van der Waals surface area contributed by atoms with Crippen LogP contribution in [0.5, 0.6) is 5.75 Å². The van der Waals surface area contributed by atoms with E-state index in [4.69, 9.17) is 5.11 Å². The van der Waals surface area contributed by atoms with Crippen LogP contribution in [-0.2, 0) is 10.2 Å². The normalized spacial score (nSPS) is 33.7. The Labute approximate surface area is 81.8 Å². The van der Waals surface area contributed by atoms with Crippen molar-refractivity contribution in [1.29, 1.82) is 0 Å². The largest absolute Gasteiger partial charge is 0.508 e. The molecule has 2 fully saturated rings. The molecule has 0 spiro atoms. The maximum absolute atomic E-state index is 11.3. The Balaban J connectivity index is 1.98. The fourth-order valence-electron chi connectivity index (χ4n) is 2.43. The summed E-state index contributed by atoms with van der Waals surface area (Å²) in [4.78, 5) is 11.3. The number of phenols is 1. The number of fused-ring (bicyclic) bond motifs is 1. The summed E-state index contributed by atoms with van der Waals surface area (Å²) in [6, 6.07) is 7.19. The molecule has 14 heavy (non-hydrogen) atoms. The maximum Gasteiger partial charge on any atom is 0.224 e. The Bertz CT molecular complexity index is 398. The number of hydrogen-bond donors (Lipinski definition) is 2. The number of amides is 1. The van der Waals surface area contributed by atoms with E-state index in [1.54, 1.807) is 12.1 Å². The Morgan fingerprint density at radius 2 is 2.07 bits per heavy atom. The predicted molar refractivity (Wildman–Crippen MR) is 50.9 cm³/mol. The number of piperidine rings is 1. The van der Waals surface area contributed by atoms with Gasteiger partial charge in [0.25, 0.3) is 0 Å². The van der Waals surface area contributed by atoms with Crippen LogP contribution in [0, 0.1) is 5.92 Å². The number of hydrogen-bond acceptors (Lipinski definition) is 2. The Kier molecular flexibility index (Phi) is 1.29. The highest BCUT2D eigenvalue weighted by Crippen LogP contribution is 2.56. The zero-order chi connectivity index (χ0) is 9.76. The van der Waals surface area contributed by atoms with Crippen molar-refractivity contribution in [3.63, 3.8) is 0 Å². The van der Waals surface area contributed by atoms with Gasteiger partial charge in [0.05, 0.1) is 5.92 Å². The van der Waals surface area contributed by atoms with Crippen LogP contribution in [0.2, 0.25) is 0 Å². The quantitative estimate of drug-likeness (QED) is 0.685. The van der Waals surface area contributed by atoms with E-state index in [2.05, 4.69) is 5.32 Å². The summed E-state index contributed by atoms with van der Waals surface area (Å²) in [5.41, 5.74) is 1.21. The molecule has 2 atom stereocenters. The molecular formula is C11H11NO2. The molecule has 0 bridgehead atoms. The predicted octanol–water partition coefficient (Wildman–Crippen LogP) is 0.780. The number of aromatic hydroxyl groups is 1. The van der Waals surface area contributed by atoms with Crippen LogP contribution in [0.3, 0.4) is 0 Å². The third-order valence-electron chi connectivity index (χ3n) is 3.41. The molecule has 0 radical (unpaired) electrons. The first-order valence-electron chi connectivity index (χ1n) is 4.80. The highest BCUT2D eigenvalue weighted by Gasteiger charge is 2.63. The smallest absolute Gasteiger partial charge is 0.224 e. The van der Waals surface area contributed by atoms with Gasteiger partial charge in [0.1, 0.15) is 5.75 Å².